The minimum Gasteiger partial charge on any atom is -0.384 e. The molecule has 0 aliphatic heterocycles. The first kappa shape index (κ1) is 7.34. The van der Waals surface area contributed by atoms with Gasteiger partial charge in [-0.05, 0) is 6.42 Å². The molecule has 0 unspecified atom stereocenters. The van der Waals surface area contributed by atoms with Crippen LogP contribution in [0.2, 0.25) is 0 Å². The van der Waals surface area contributed by atoms with Gasteiger partial charge in [0.05, 0.1) is 12.1 Å². The van der Waals surface area contributed by atoms with Crippen molar-refractivity contribution in [2.45, 2.75) is 19.3 Å². The zero-order chi connectivity index (χ0) is 8.72. The summed E-state index contributed by atoms with van der Waals surface area (Å²) in [5.74, 6) is 0.970. The number of aromatic nitrogens is 2. The number of Topliss-reactive ketones (excluding diaryl/α,β-unsaturated/α-hetero) is 1. The number of ketones is 1. The molecule has 1 aromatic rings. The van der Waals surface area contributed by atoms with E-state index in [0.717, 1.165) is 17.7 Å². The molecule has 4 nitrogen and oxygen atoms in total. The maximum atomic E-state index is 11.1. The second-order valence-electron chi connectivity index (χ2n) is 3.15. The number of nitrogen functional groups attached to an aromatic ring is 1. The van der Waals surface area contributed by atoms with E-state index in [9.17, 15) is 4.79 Å². The summed E-state index contributed by atoms with van der Waals surface area (Å²) >= 11 is 0. The van der Waals surface area contributed by atoms with Gasteiger partial charge in [0.1, 0.15) is 11.6 Å². The Morgan fingerprint density at radius 3 is 3.00 bits per heavy atom. The molecular formula is C8H11N3O. The van der Waals surface area contributed by atoms with Crippen molar-refractivity contribution in [3.05, 3.63) is 11.3 Å². The van der Waals surface area contributed by atoms with Crippen molar-refractivity contribution in [1.29, 1.82) is 0 Å². The highest BCUT2D eigenvalue weighted by molar-refractivity contribution is 5.83. The van der Waals surface area contributed by atoms with E-state index >= 15 is 0 Å². The lowest BCUT2D eigenvalue weighted by atomic mass is 9.96. The Hall–Kier alpha value is -1.32. The van der Waals surface area contributed by atoms with Crippen LogP contribution in [-0.2, 0) is 24.7 Å². The van der Waals surface area contributed by atoms with E-state index in [-0.39, 0.29) is 5.78 Å². The normalized spacial score (nSPS) is 16.2. The summed E-state index contributed by atoms with van der Waals surface area (Å²) in [4.78, 5) is 11.1. The minimum absolute atomic E-state index is 0.264. The molecule has 1 aliphatic rings. The Morgan fingerprint density at radius 1 is 1.50 bits per heavy atom. The van der Waals surface area contributed by atoms with Gasteiger partial charge >= 0.3 is 0 Å². The van der Waals surface area contributed by atoms with E-state index in [4.69, 9.17) is 5.73 Å². The summed E-state index contributed by atoms with van der Waals surface area (Å²) in [7, 11) is 1.80. The van der Waals surface area contributed by atoms with Crippen molar-refractivity contribution < 1.29 is 4.79 Å². The summed E-state index contributed by atoms with van der Waals surface area (Å²) in [5.41, 5.74) is 7.69. The molecule has 1 aliphatic carbocycles. The third-order valence-electron chi connectivity index (χ3n) is 2.30. The number of rotatable bonds is 0. The number of hydrogen-bond acceptors (Lipinski definition) is 3. The lowest BCUT2D eigenvalue weighted by Crippen LogP contribution is -2.12. The van der Waals surface area contributed by atoms with Crippen LogP contribution >= 0.6 is 0 Å². The van der Waals surface area contributed by atoms with Gasteiger partial charge in [-0.15, -0.1) is 0 Å². The van der Waals surface area contributed by atoms with Crippen LogP contribution in [-0.4, -0.2) is 15.6 Å². The third kappa shape index (κ3) is 0.913. The van der Waals surface area contributed by atoms with Crippen LogP contribution in [0.4, 0.5) is 5.82 Å². The zero-order valence-electron chi connectivity index (χ0n) is 7.00. The van der Waals surface area contributed by atoms with E-state index in [1.807, 2.05) is 0 Å². The topological polar surface area (TPSA) is 60.9 Å². The number of aryl methyl sites for hydroxylation is 1. The van der Waals surface area contributed by atoms with Gasteiger partial charge in [-0.2, -0.15) is 5.10 Å². The van der Waals surface area contributed by atoms with Crippen molar-refractivity contribution >= 4 is 11.6 Å². The number of hydrogen-bond donors (Lipinski definition) is 1. The third-order valence-corrected chi connectivity index (χ3v) is 2.30. The number of carbonyl (C=O) groups is 1. The molecule has 0 aromatic carbocycles. The molecule has 64 valence electrons. The number of fused-ring (bicyclic) bond motifs is 1. The predicted octanol–water partition coefficient (Wildman–Crippen LogP) is 0.0601. The van der Waals surface area contributed by atoms with Gasteiger partial charge in [-0.1, -0.05) is 0 Å². The highest BCUT2D eigenvalue weighted by Gasteiger charge is 2.21. The van der Waals surface area contributed by atoms with Crippen LogP contribution < -0.4 is 5.73 Å². The molecule has 12 heavy (non-hydrogen) atoms. The molecule has 0 bridgehead atoms. The highest BCUT2D eigenvalue weighted by Crippen LogP contribution is 2.22. The lowest BCUT2D eigenvalue weighted by Gasteiger charge is -2.07. The largest absolute Gasteiger partial charge is 0.384 e. The Labute approximate surface area is 70.4 Å². The summed E-state index contributed by atoms with van der Waals surface area (Å²) in [6.07, 6.45) is 1.83. The average molecular weight is 165 g/mol. The second kappa shape index (κ2) is 2.33. The molecule has 2 N–H and O–H groups in total. The first-order valence-electron chi connectivity index (χ1n) is 4.00. The zero-order valence-corrected chi connectivity index (χ0v) is 7.00. The van der Waals surface area contributed by atoms with Crippen molar-refractivity contribution in [3.63, 3.8) is 0 Å². The standard InChI is InChI=1S/C8H11N3O/c1-11-8(9)6-3-2-5(12)4-7(6)10-11/h2-4,9H2,1H3. The lowest BCUT2D eigenvalue weighted by molar-refractivity contribution is -0.118. The van der Waals surface area contributed by atoms with E-state index in [0.29, 0.717) is 18.7 Å². The molecule has 0 spiro atoms. The maximum absolute atomic E-state index is 11.1. The molecule has 0 radical (unpaired) electrons. The summed E-state index contributed by atoms with van der Waals surface area (Å²) in [5, 5.41) is 4.17. The quantitative estimate of drug-likeness (QED) is 0.591. The summed E-state index contributed by atoms with van der Waals surface area (Å²) < 4.78 is 1.64. The van der Waals surface area contributed by atoms with Crippen molar-refractivity contribution in [2.75, 3.05) is 5.73 Å². The molecule has 1 heterocycles. The fraction of sp³-hybridized carbons (Fsp3) is 0.500. The molecular weight excluding hydrogens is 154 g/mol. The molecule has 0 atom stereocenters. The monoisotopic (exact) mass is 165 g/mol. The van der Waals surface area contributed by atoms with Crippen molar-refractivity contribution in [1.82, 2.24) is 9.78 Å². The van der Waals surface area contributed by atoms with Crippen LogP contribution in [0.5, 0.6) is 0 Å². The molecule has 0 saturated carbocycles. The van der Waals surface area contributed by atoms with Gasteiger partial charge in [0.2, 0.25) is 0 Å². The Balaban J connectivity index is 2.49. The molecule has 0 saturated heterocycles. The average Bonchev–Trinajstić information content (AvgIpc) is 2.28. The second-order valence-corrected chi connectivity index (χ2v) is 3.15. The number of nitrogens with zero attached hydrogens (tertiary/aromatic N) is 2. The van der Waals surface area contributed by atoms with E-state index in [1.54, 1.807) is 11.7 Å². The van der Waals surface area contributed by atoms with Gasteiger partial charge < -0.3 is 5.73 Å². The predicted molar refractivity (Wildman–Crippen MR) is 44.7 cm³/mol. The van der Waals surface area contributed by atoms with Crippen molar-refractivity contribution in [3.8, 4) is 0 Å². The fourth-order valence-electron chi connectivity index (χ4n) is 1.59. The van der Waals surface area contributed by atoms with E-state index in [2.05, 4.69) is 5.10 Å². The van der Waals surface area contributed by atoms with Gasteiger partial charge in [-0.25, -0.2) is 0 Å². The Bertz CT molecular complexity index is 340. The Kier molecular flexibility index (Phi) is 1.43. The first-order valence-corrected chi connectivity index (χ1v) is 4.00. The van der Waals surface area contributed by atoms with Gasteiger partial charge in [-0.3, -0.25) is 9.48 Å². The van der Waals surface area contributed by atoms with Crippen LogP contribution in [0.1, 0.15) is 17.7 Å². The molecule has 1 aromatic heterocycles. The summed E-state index contributed by atoms with van der Waals surface area (Å²) in [6, 6.07) is 0. The maximum Gasteiger partial charge on any atom is 0.139 e. The molecule has 2 rings (SSSR count). The SMILES string of the molecule is Cn1nc2c(c1N)CCC(=O)C2. The number of anilines is 1. The highest BCUT2D eigenvalue weighted by atomic mass is 16.1. The number of carbonyl (C=O) groups excluding carboxylic acids is 1. The molecule has 4 heteroatoms. The van der Waals surface area contributed by atoms with Crippen molar-refractivity contribution in [2.24, 2.45) is 7.05 Å². The molecule has 0 amide bonds. The van der Waals surface area contributed by atoms with Crippen LogP contribution in [0.3, 0.4) is 0 Å². The van der Waals surface area contributed by atoms with E-state index in [1.165, 1.54) is 0 Å². The van der Waals surface area contributed by atoms with Crippen LogP contribution in [0, 0.1) is 0 Å². The van der Waals surface area contributed by atoms with Crippen LogP contribution in [0.25, 0.3) is 0 Å². The van der Waals surface area contributed by atoms with E-state index < -0.39 is 0 Å². The van der Waals surface area contributed by atoms with Crippen LogP contribution in [0.15, 0.2) is 0 Å². The fourth-order valence-corrected chi connectivity index (χ4v) is 1.59. The first-order chi connectivity index (χ1) is 5.68. The van der Waals surface area contributed by atoms with Gasteiger partial charge in [0, 0.05) is 19.0 Å². The van der Waals surface area contributed by atoms with Gasteiger partial charge in [0.15, 0.2) is 0 Å². The number of nitrogens with two attached hydrogens (primary N) is 1. The van der Waals surface area contributed by atoms with Gasteiger partial charge in [0.25, 0.3) is 0 Å². The minimum atomic E-state index is 0.264. The Morgan fingerprint density at radius 2 is 2.25 bits per heavy atom. The summed E-state index contributed by atoms with van der Waals surface area (Å²) in [6.45, 7) is 0. The molecule has 0 fully saturated rings. The smallest absolute Gasteiger partial charge is 0.139 e.